The average molecular weight is 336 g/mol. The number of fused-ring (bicyclic) bond motifs is 1. The number of nitrogens with zero attached hydrogens (tertiary/aromatic N) is 3. The fourth-order valence-electron chi connectivity index (χ4n) is 3.00. The van der Waals surface area contributed by atoms with Gasteiger partial charge in [0, 0.05) is 25.8 Å². The van der Waals surface area contributed by atoms with E-state index in [0.717, 1.165) is 24.4 Å². The number of likely N-dealkylation sites (N-methyl/N-ethyl adjacent to an activating group) is 1. The average Bonchev–Trinajstić information content (AvgIpc) is 2.93. The van der Waals surface area contributed by atoms with Crippen LogP contribution in [-0.4, -0.2) is 52.9 Å². The Hall–Kier alpha value is -1.63. The molecule has 1 fully saturated rings. The van der Waals surface area contributed by atoms with Crippen LogP contribution in [0.4, 0.5) is 0 Å². The molecule has 1 aliphatic rings. The minimum absolute atomic E-state index is 0.00322. The summed E-state index contributed by atoms with van der Waals surface area (Å²) in [7, 11) is 1.97. The summed E-state index contributed by atoms with van der Waals surface area (Å²) in [4.78, 5) is 19.2. The molecule has 1 aliphatic heterocycles. The number of aromatic nitrogens is 2. The number of hydrogen-bond acceptors (Lipinski definition) is 4. The Morgan fingerprint density at radius 1 is 1.52 bits per heavy atom. The highest BCUT2D eigenvalue weighted by atomic mass is 35.5. The minimum Gasteiger partial charge on any atom is -0.343 e. The molecule has 0 aromatic carbocycles. The topological polar surface area (TPSA) is 61.7 Å². The Kier molecular flexibility index (Phi) is 4.31. The third kappa shape index (κ3) is 3.06. The molecule has 6 nitrogen and oxygen atoms in total. The fraction of sp³-hybridized carbons (Fsp3) is 0.500. The number of carbonyl (C=O) groups excluding carboxylic acids is 1. The molecule has 3 rings (SSSR count). The number of carbonyl (C=O) groups is 1. The van der Waals surface area contributed by atoms with Crippen LogP contribution in [0.25, 0.3) is 5.52 Å². The molecule has 124 valence electrons. The van der Waals surface area contributed by atoms with Crippen molar-refractivity contribution in [1.29, 1.82) is 0 Å². The Morgan fingerprint density at radius 3 is 3.04 bits per heavy atom. The highest BCUT2D eigenvalue weighted by Gasteiger charge is 2.33. The molecule has 0 saturated carbocycles. The normalized spacial score (nSPS) is 19.9. The summed E-state index contributed by atoms with van der Waals surface area (Å²) in [6.45, 7) is 6.34. The molecule has 0 aliphatic carbocycles. The maximum Gasteiger partial charge on any atom is 0.239 e. The lowest BCUT2D eigenvalue weighted by atomic mass is 10.0. The zero-order valence-electron chi connectivity index (χ0n) is 13.6. The van der Waals surface area contributed by atoms with Crippen molar-refractivity contribution in [3.63, 3.8) is 0 Å². The maximum atomic E-state index is 12.7. The van der Waals surface area contributed by atoms with Crippen molar-refractivity contribution in [1.82, 2.24) is 24.9 Å². The Bertz CT molecular complexity index is 726. The Labute approximate surface area is 140 Å². The summed E-state index contributed by atoms with van der Waals surface area (Å²) in [5.41, 5.74) is 0.231. The second-order valence-corrected chi connectivity index (χ2v) is 6.92. The molecule has 1 amide bonds. The van der Waals surface area contributed by atoms with Crippen LogP contribution < -0.4 is 10.6 Å². The van der Waals surface area contributed by atoms with Crippen molar-refractivity contribution < 1.29 is 4.79 Å². The summed E-state index contributed by atoms with van der Waals surface area (Å²) in [6, 6.07) is 3.53. The van der Waals surface area contributed by atoms with E-state index in [1.807, 2.05) is 43.6 Å². The van der Waals surface area contributed by atoms with E-state index in [4.69, 9.17) is 11.6 Å². The maximum absolute atomic E-state index is 12.7. The van der Waals surface area contributed by atoms with Crippen molar-refractivity contribution in [2.45, 2.75) is 25.4 Å². The quantitative estimate of drug-likeness (QED) is 0.886. The molecular formula is C16H22ClN5O. The summed E-state index contributed by atoms with van der Waals surface area (Å²) >= 11 is 6.20. The molecule has 0 bridgehead atoms. The van der Waals surface area contributed by atoms with Gasteiger partial charge < -0.3 is 15.0 Å². The molecule has 0 unspecified atom stereocenters. The second-order valence-electron chi connectivity index (χ2n) is 6.51. The van der Waals surface area contributed by atoms with Gasteiger partial charge in [0.25, 0.3) is 0 Å². The number of halogens is 1. The van der Waals surface area contributed by atoms with Gasteiger partial charge in [-0.15, -0.1) is 0 Å². The third-order valence-electron chi connectivity index (χ3n) is 4.33. The van der Waals surface area contributed by atoms with Crippen LogP contribution in [0.2, 0.25) is 5.02 Å². The number of rotatable bonds is 3. The highest BCUT2D eigenvalue weighted by Crippen LogP contribution is 2.24. The van der Waals surface area contributed by atoms with Gasteiger partial charge >= 0.3 is 0 Å². The second kappa shape index (κ2) is 6.11. The Morgan fingerprint density at radius 2 is 2.30 bits per heavy atom. The molecule has 1 saturated heterocycles. The monoisotopic (exact) mass is 335 g/mol. The Balaban J connectivity index is 1.85. The number of nitrogens with one attached hydrogen (secondary N) is 2. The lowest BCUT2D eigenvalue weighted by molar-refractivity contribution is -0.128. The van der Waals surface area contributed by atoms with Gasteiger partial charge in [-0.1, -0.05) is 11.6 Å². The number of amides is 1. The van der Waals surface area contributed by atoms with Gasteiger partial charge in [-0.3, -0.25) is 9.69 Å². The summed E-state index contributed by atoms with van der Waals surface area (Å²) in [5, 5.41) is 7.03. The van der Waals surface area contributed by atoms with Gasteiger partial charge in [-0.25, -0.2) is 4.98 Å². The summed E-state index contributed by atoms with van der Waals surface area (Å²) < 4.78 is 1.92. The van der Waals surface area contributed by atoms with Crippen LogP contribution in [0, 0.1) is 0 Å². The first-order chi connectivity index (χ1) is 10.9. The van der Waals surface area contributed by atoms with E-state index in [0.29, 0.717) is 11.6 Å². The van der Waals surface area contributed by atoms with Crippen molar-refractivity contribution in [3.8, 4) is 0 Å². The van der Waals surface area contributed by atoms with Crippen LogP contribution in [0.5, 0.6) is 0 Å². The van der Waals surface area contributed by atoms with Crippen LogP contribution in [0.1, 0.15) is 19.7 Å². The van der Waals surface area contributed by atoms with Crippen LogP contribution in [-0.2, 0) is 10.3 Å². The summed E-state index contributed by atoms with van der Waals surface area (Å²) in [6.07, 6.45) is 3.64. The van der Waals surface area contributed by atoms with Gasteiger partial charge in [-0.2, -0.15) is 0 Å². The van der Waals surface area contributed by atoms with Crippen molar-refractivity contribution >= 4 is 23.0 Å². The zero-order valence-corrected chi connectivity index (χ0v) is 14.4. The number of pyridine rings is 1. The van der Waals surface area contributed by atoms with E-state index >= 15 is 0 Å². The van der Waals surface area contributed by atoms with Crippen molar-refractivity contribution in [3.05, 3.63) is 35.4 Å². The molecule has 1 atom stereocenters. The lowest BCUT2D eigenvalue weighted by Gasteiger charge is -2.35. The molecule has 2 aromatic rings. The van der Waals surface area contributed by atoms with Gasteiger partial charge in [0.05, 0.1) is 22.3 Å². The van der Waals surface area contributed by atoms with E-state index in [9.17, 15) is 4.79 Å². The van der Waals surface area contributed by atoms with E-state index < -0.39 is 5.54 Å². The molecule has 23 heavy (non-hydrogen) atoms. The van der Waals surface area contributed by atoms with Crippen LogP contribution >= 0.6 is 11.6 Å². The van der Waals surface area contributed by atoms with Gasteiger partial charge in [0.15, 0.2) is 0 Å². The van der Waals surface area contributed by atoms with Gasteiger partial charge in [0.2, 0.25) is 5.91 Å². The minimum atomic E-state index is -0.605. The first-order valence-electron chi connectivity index (χ1n) is 7.75. The molecule has 0 radical (unpaired) electrons. The standard InChI is InChI=1S/C16H22ClN5O/c1-16(2,20-14(23)13-9-18-6-8-21(13)3)15-19-10-12-11(17)5-4-7-22(12)15/h4-5,7,10,13,18H,6,8-9H2,1-3H3,(H,20,23)/t13-/m0/s1. The molecule has 2 N–H and O–H groups in total. The SMILES string of the molecule is CN1CCNC[C@H]1C(=O)NC(C)(C)c1ncc2c(Cl)cccn12. The van der Waals surface area contributed by atoms with Crippen LogP contribution in [0.15, 0.2) is 24.5 Å². The van der Waals surface area contributed by atoms with E-state index in [1.54, 1.807) is 6.20 Å². The first kappa shape index (κ1) is 16.2. The first-order valence-corrected chi connectivity index (χ1v) is 8.13. The number of piperazine rings is 1. The fourth-order valence-corrected chi connectivity index (χ4v) is 3.21. The highest BCUT2D eigenvalue weighted by molar-refractivity contribution is 6.33. The van der Waals surface area contributed by atoms with E-state index in [2.05, 4.69) is 20.5 Å². The number of hydrogen-bond donors (Lipinski definition) is 2. The lowest BCUT2D eigenvalue weighted by Crippen LogP contribution is -2.58. The predicted molar refractivity (Wildman–Crippen MR) is 90.7 cm³/mol. The predicted octanol–water partition coefficient (Wildman–Crippen LogP) is 1.24. The molecule has 3 heterocycles. The number of imidazole rings is 1. The molecule has 2 aromatic heterocycles. The summed E-state index contributed by atoms with van der Waals surface area (Å²) in [5.74, 6) is 0.762. The van der Waals surface area contributed by atoms with E-state index in [-0.39, 0.29) is 11.9 Å². The largest absolute Gasteiger partial charge is 0.343 e. The van der Waals surface area contributed by atoms with Crippen LogP contribution in [0.3, 0.4) is 0 Å². The molecule has 0 spiro atoms. The van der Waals surface area contributed by atoms with Gasteiger partial charge in [0.1, 0.15) is 11.9 Å². The smallest absolute Gasteiger partial charge is 0.239 e. The van der Waals surface area contributed by atoms with E-state index in [1.165, 1.54) is 0 Å². The van der Waals surface area contributed by atoms with Crippen molar-refractivity contribution in [2.24, 2.45) is 0 Å². The third-order valence-corrected chi connectivity index (χ3v) is 4.65. The van der Waals surface area contributed by atoms with Crippen molar-refractivity contribution in [2.75, 3.05) is 26.7 Å². The zero-order chi connectivity index (χ0) is 16.6. The molecular weight excluding hydrogens is 314 g/mol. The van der Waals surface area contributed by atoms with Gasteiger partial charge in [-0.05, 0) is 33.0 Å². The molecule has 7 heteroatoms.